The normalized spacial score (nSPS) is 13.4. The zero-order valence-electron chi connectivity index (χ0n) is 16.1. The van der Waals surface area contributed by atoms with Crippen molar-refractivity contribution in [1.29, 1.82) is 5.26 Å². The van der Waals surface area contributed by atoms with Crippen molar-refractivity contribution in [3.63, 3.8) is 0 Å². The van der Waals surface area contributed by atoms with Gasteiger partial charge in [0.25, 0.3) is 0 Å². The van der Waals surface area contributed by atoms with Crippen molar-refractivity contribution in [2.45, 2.75) is 78.1 Å². The molecule has 2 atom stereocenters. The fraction of sp³-hybridized carbons (Fsp3) is 0.545. The lowest BCUT2D eigenvalue weighted by Gasteiger charge is -2.18. The van der Waals surface area contributed by atoms with Crippen molar-refractivity contribution >= 4 is 0 Å². The van der Waals surface area contributed by atoms with Gasteiger partial charge >= 0.3 is 0 Å². The third-order valence-electron chi connectivity index (χ3n) is 5.10. The van der Waals surface area contributed by atoms with Gasteiger partial charge < -0.3 is 4.98 Å². The smallest absolute Gasteiger partial charge is 0.137 e. The molecule has 3 nitrogen and oxygen atoms in total. The van der Waals surface area contributed by atoms with Gasteiger partial charge in [-0.05, 0) is 49.9 Å². The van der Waals surface area contributed by atoms with E-state index in [-0.39, 0.29) is 0 Å². The molecule has 2 unspecified atom stereocenters. The minimum atomic E-state index is 0.522. The number of hydrogen-bond donors (Lipinski definition) is 1. The van der Waals surface area contributed by atoms with Crippen LogP contribution >= 0.6 is 0 Å². The fourth-order valence-electron chi connectivity index (χ4n) is 3.65. The fourth-order valence-corrected chi connectivity index (χ4v) is 3.65. The Morgan fingerprint density at radius 2 is 1.56 bits per heavy atom. The Morgan fingerprint density at radius 3 is 2.08 bits per heavy atom. The molecule has 3 heteroatoms. The molecule has 0 bridgehead atoms. The van der Waals surface area contributed by atoms with Gasteiger partial charge in [0.05, 0.1) is 17.3 Å². The van der Waals surface area contributed by atoms with Crippen LogP contribution in [0.3, 0.4) is 0 Å². The van der Waals surface area contributed by atoms with E-state index in [2.05, 4.69) is 38.7 Å². The van der Waals surface area contributed by atoms with Crippen molar-refractivity contribution in [3.8, 4) is 17.5 Å². The molecule has 134 valence electrons. The minimum absolute atomic E-state index is 0.522. The molecule has 1 N–H and O–H groups in total. The maximum atomic E-state index is 9.00. The Bertz CT molecular complexity index is 660. The Morgan fingerprint density at radius 1 is 0.960 bits per heavy atom. The first kappa shape index (κ1) is 19.2. The van der Waals surface area contributed by atoms with Crippen LogP contribution in [0, 0.1) is 11.3 Å². The molecule has 0 amide bonds. The lowest BCUT2D eigenvalue weighted by Crippen LogP contribution is -2.06. The molecule has 0 aliphatic rings. The summed E-state index contributed by atoms with van der Waals surface area (Å²) in [4.78, 5) is 8.69. The SMILES string of the molecule is CCCC(CC)c1nc(-c2ccc(C#N)cc2)[nH]c1C(CC)CCC. The predicted octanol–water partition coefficient (Wildman–Crippen LogP) is 6.54. The van der Waals surface area contributed by atoms with Crippen molar-refractivity contribution in [3.05, 3.63) is 41.2 Å². The number of H-pyrrole nitrogens is 1. The average Bonchev–Trinajstić information content (AvgIpc) is 3.09. The number of imidazole rings is 1. The summed E-state index contributed by atoms with van der Waals surface area (Å²) in [6.07, 6.45) is 7.01. The zero-order valence-corrected chi connectivity index (χ0v) is 16.1. The highest BCUT2D eigenvalue weighted by atomic mass is 14.9. The zero-order chi connectivity index (χ0) is 18.2. The second-order valence-corrected chi connectivity index (χ2v) is 6.86. The molecule has 25 heavy (non-hydrogen) atoms. The van der Waals surface area contributed by atoms with Gasteiger partial charge in [0.1, 0.15) is 5.82 Å². The molecule has 1 aromatic carbocycles. The van der Waals surface area contributed by atoms with Gasteiger partial charge in [0, 0.05) is 23.1 Å². The molecule has 0 aliphatic heterocycles. The molecule has 0 aliphatic carbocycles. The van der Waals surface area contributed by atoms with Gasteiger partial charge in [0.15, 0.2) is 0 Å². The topological polar surface area (TPSA) is 52.5 Å². The number of aromatic nitrogens is 2. The van der Waals surface area contributed by atoms with Crippen LogP contribution in [0.25, 0.3) is 11.4 Å². The largest absolute Gasteiger partial charge is 0.341 e. The maximum absolute atomic E-state index is 9.00. The van der Waals surface area contributed by atoms with Crippen molar-refractivity contribution in [1.82, 2.24) is 9.97 Å². The highest BCUT2D eigenvalue weighted by molar-refractivity contribution is 5.58. The van der Waals surface area contributed by atoms with E-state index in [1.165, 1.54) is 37.1 Å². The second kappa shape index (κ2) is 9.42. The van der Waals surface area contributed by atoms with Gasteiger partial charge in [-0.1, -0.05) is 40.5 Å². The quantitative estimate of drug-likeness (QED) is 0.565. The summed E-state index contributed by atoms with van der Waals surface area (Å²) in [5.41, 5.74) is 4.35. The average molecular weight is 338 g/mol. The minimum Gasteiger partial charge on any atom is -0.341 e. The molecule has 1 heterocycles. The van der Waals surface area contributed by atoms with Crippen molar-refractivity contribution in [2.24, 2.45) is 0 Å². The molecule has 2 rings (SSSR count). The number of benzene rings is 1. The second-order valence-electron chi connectivity index (χ2n) is 6.86. The van der Waals surface area contributed by atoms with E-state index in [0.717, 1.165) is 24.2 Å². The molecule has 0 saturated carbocycles. The van der Waals surface area contributed by atoms with Crippen LogP contribution in [0.1, 0.15) is 95.0 Å². The first-order valence-electron chi connectivity index (χ1n) is 9.78. The van der Waals surface area contributed by atoms with E-state index >= 15 is 0 Å². The van der Waals surface area contributed by atoms with E-state index in [1.54, 1.807) is 0 Å². The molecule has 0 spiro atoms. The molecule has 2 aromatic rings. The number of rotatable bonds is 9. The third kappa shape index (κ3) is 4.51. The number of nitrogens with zero attached hydrogens (tertiary/aromatic N) is 2. The first-order valence-corrected chi connectivity index (χ1v) is 9.78. The third-order valence-corrected chi connectivity index (χ3v) is 5.10. The summed E-state index contributed by atoms with van der Waals surface area (Å²) < 4.78 is 0. The van der Waals surface area contributed by atoms with Gasteiger partial charge in [0.2, 0.25) is 0 Å². The molecule has 0 fully saturated rings. The molecular formula is C22H31N3. The Balaban J connectivity index is 2.47. The molecule has 1 aromatic heterocycles. The van der Waals surface area contributed by atoms with E-state index in [1.807, 2.05) is 24.3 Å². The lowest BCUT2D eigenvalue weighted by atomic mass is 9.88. The maximum Gasteiger partial charge on any atom is 0.137 e. The summed E-state index contributed by atoms with van der Waals surface area (Å²) in [7, 11) is 0. The van der Waals surface area contributed by atoms with E-state index in [4.69, 9.17) is 10.2 Å². The predicted molar refractivity (Wildman–Crippen MR) is 105 cm³/mol. The Labute approximate surface area is 152 Å². The first-order chi connectivity index (χ1) is 12.2. The number of nitrogens with one attached hydrogen (secondary N) is 1. The van der Waals surface area contributed by atoms with Crippen LogP contribution in [-0.2, 0) is 0 Å². The van der Waals surface area contributed by atoms with Crippen LogP contribution < -0.4 is 0 Å². The highest BCUT2D eigenvalue weighted by Gasteiger charge is 2.23. The summed E-state index contributed by atoms with van der Waals surface area (Å²) >= 11 is 0. The van der Waals surface area contributed by atoms with Gasteiger partial charge in [-0.15, -0.1) is 0 Å². The molecule has 0 saturated heterocycles. The Kier molecular flexibility index (Phi) is 7.25. The van der Waals surface area contributed by atoms with Crippen LogP contribution in [0.4, 0.5) is 0 Å². The van der Waals surface area contributed by atoms with Crippen LogP contribution in [-0.4, -0.2) is 9.97 Å². The Hall–Kier alpha value is -2.08. The van der Waals surface area contributed by atoms with E-state index < -0.39 is 0 Å². The lowest BCUT2D eigenvalue weighted by molar-refractivity contribution is 0.541. The number of nitriles is 1. The standard InChI is InChI=1S/C22H31N3/c1-5-9-17(7-3)20-21(18(8-4)10-6-2)25-22(24-20)19-13-11-16(15-23)12-14-19/h11-14,17-18H,5-10H2,1-4H3,(H,24,25). The van der Waals surface area contributed by atoms with Gasteiger partial charge in [-0.3, -0.25) is 0 Å². The number of aromatic amines is 1. The number of hydrogen-bond acceptors (Lipinski definition) is 2. The van der Waals surface area contributed by atoms with E-state index in [0.29, 0.717) is 17.4 Å². The molecular weight excluding hydrogens is 306 g/mol. The van der Waals surface area contributed by atoms with Crippen molar-refractivity contribution in [2.75, 3.05) is 0 Å². The van der Waals surface area contributed by atoms with Crippen LogP contribution in [0.15, 0.2) is 24.3 Å². The summed E-state index contributed by atoms with van der Waals surface area (Å²) in [6.45, 7) is 9.04. The highest BCUT2D eigenvalue weighted by Crippen LogP contribution is 2.35. The summed E-state index contributed by atoms with van der Waals surface area (Å²) in [5.74, 6) is 2.01. The summed E-state index contributed by atoms with van der Waals surface area (Å²) in [6, 6.07) is 9.89. The monoisotopic (exact) mass is 337 g/mol. The summed E-state index contributed by atoms with van der Waals surface area (Å²) in [5, 5.41) is 9.00. The van der Waals surface area contributed by atoms with Gasteiger partial charge in [-0.2, -0.15) is 5.26 Å². The van der Waals surface area contributed by atoms with Crippen molar-refractivity contribution < 1.29 is 0 Å². The van der Waals surface area contributed by atoms with Crippen LogP contribution in [0.2, 0.25) is 0 Å². The van der Waals surface area contributed by atoms with Gasteiger partial charge in [-0.25, -0.2) is 4.98 Å². The molecule has 0 radical (unpaired) electrons. The van der Waals surface area contributed by atoms with Crippen LogP contribution in [0.5, 0.6) is 0 Å². The van der Waals surface area contributed by atoms with E-state index in [9.17, 15) is 0 Å².